The maximum atomic E-state index is 5.62. The number of benzene rings is 3. The van der Waals surface area contributed by atoms with E-state index < -0.39 is 0 Å². The first kappa shape index (κ1) is 15.8. The summed E-state index contributed by atoms with van der Waals surface area (Å²) in [5, 5.41) is 3.76. The second-order valence-electron chi connectivity index (χ2n) is 7.52. The molecular formula is C24H21N2O2+. The molecule has 2 aliphatic heterocycles. The Morgan fingerprint density at radius 1 is 0.821 bits per heavy atom. The van der Waals surface area contributed by atoms with E-state index in [1.54, 1.807) is 0 Å². The Labute approximate surface area is 163 Å². The molecule has 0 saturated carbocycles. The van der Waals surface area contributed by atoms with Crippen LogP contribution in [0.3, 0.4) is 0 Å². The lowest BCUT2D eigenvalue weighted by Crippen LogP contribution is -2.88. The van der Waals surface area contributed by atoms with Gasteiger partial charge in [0.2, 0.25) is 6.79 Å². The number of aromatic nitrogens is 1. The van der Waals surface area contributed by atoms with Crippen molar-refractivity contribution in [2.24, 2.45) is 0 Å². The van der Waals surface area contributed by atoms with Gasteiger partial charge >= 0.3 is 0 Å². The van der Waals surface area contributed by atoms with Crippen molar-refractivity contribution in [1.29, 1.82) is 0 Å². The van der Waals surface area contributed by atoms with Crippen molar-refractivity contribution in [3.05, 3.63) is 95.2 Å². The number of hydrogen-bond donors (Lipinski definition) is 2. The second kappa shape index (κ2) is 6.14. The number of nitrogens with two attached hydrogens (primary N) is 1. The third-order valence-corrected chi connectivity index (χ3v) is 6.00. The quantitative estimate of drug-likeness (QED) is 0.566. The molecule has 0 radical (unpaired) electrons. The molecule has 138 valence electrons. The Hall–Kier alpha value is -3.24. The number of H-pyrrole nitrogens is 1. The van der Waals surface area contributed by atoms with Crippen LogP contribution in [-0.2, 0) is 0 Å². The van der Waals surface area contributed by atoms with Gasteiger partial charge in [-0.15, -0.1) is 0 Å². The third kappa shape index (κ3) is 2.35. The van der Waals surface area contributed by atoms with E-state index in [-0.39, 0.29) is 6.04 Å². The van der Waals surface area contributed by atoms with Crippen molar-refractivity contribution in [3.63, 3.8) is 0 Å². The molecule has 4 nitrogen and oxygen atoms in total. The molecule has 0 fully saturated rings. The Bertz CT molecular complexity index is 1170. The Kier molecular flexibility index (Phi) is 3.46. The number of aromatic amines is 1. The fraction of sp³-hybridized carbons (Fsp3) is 0.167. The van der Waals surface area contributed by atoms with Gasteiger partial charge in [0.1, 0.15) is 0 Å². The maximum absolute atomic E-state index is 5.62. The summed E-state index contributed by atoms with van der Waals surface area (Å²) in [6.45, 7) is 1.32. The van der Waals surface area contributed by atoms with Crippen molar-refractivity contribution >= 4 is 10.9 Å². The van der Waals surface area contributed by atoms with Gasteiger partial charge in [-0.1, -0.05) is 48.5 Å². The summed E-state index contributed by atoms with van der Waals surface area (Å²) in [5.41, 5.74) is 6.53. The van der Waals surface area contributed by atoms with E-state index in [0.717, 1.165) is 18.0 Å². The van der Waals surface area contributed by atoms with E-state index >= 15 is 0 Å². The zero-order valence-electron chi connectivity index (χ0n) is 15.4. The lowest BCUT2D eigenvalue weighted by Gasteiger charge is -2.28. The van der Waals surface area contributed by atoms with E-state index in [1.165, 1.54) is 33.3 Å². The van der Waals surface area contributed by atoms with Crippen LogP contribution >= 0.6 is 0 Å². The number of ether oxygens (including phenoxy) is 2. The number of hydrogen-bond acceptors (Lipinski definition) is 2. The smallest absolute Gasteiger partial charge is 0.231 e. The summed E-state index contributed by atoms with van der Waals surface area (Å²) in [6, 6.07) is 26.0. The van der Waals surface area contributed by atoms with Gasteiger partial charge in [0.15, 0.2) is 17.5 Å². The summed E-state index contributed by atoms with van der Waals surface area (Å²) in [6.07, 6.45) is 0. The van der Waals surface area contributed by atoms with Crippen LogP contribution in [0.5, 0.6) is 11.5 Å². The Morgan fingerprint density at radius 3 is 2.57 bits per heavy atom. The molecule has 4 aromatic rings. The van der Waals surface area contributed by atoms with Crippen LogP contribution in [0.4, 0.5) is 0 Å². The van der Waals surface area contributed by atoms with Crippen LogP contribution in [0, 0.1) is 0 Å². The molecule has 3 N–H and O–H groups in total. The van der Waals surface area contributed by atoms with Crippen LogP contribution in [0.15, 0.2) is 72.8 Å². The van der Waals surface area contributed by atoms with Crippen molar-refractivity contribution in [1.82, 2.24) is 4.98 Å². The van der Waals surface area contributed by atoms with Crippen LogP contribution in [0.2, 0.25) is 0 Å². The lowest BCUT2D eigenvalue weighted by molar-refractivity contribution is -0.692. The highest BCUT2D eigenvalue weighted by Gasteiger charge is 2.36. The molecule has 0 saturated heterocycles. The lowest BCUT2D eigenvalue weighted by atomic mass is 9.83. The highest BCUT2D eigenvalue weighted by molar-refractivity contribution is 5.86. The van der Waals surface area contributed by atoms with Gasteiger partial charge in [0.25, 0.3) is 0 Å². The van der Waals surface area contributed by atoms with Gasteiger partial charge in [-0.3, -0.25) is 0 Å². The number of rotatable bonds is 2. The topological polar surface area (TPSA) is 50.9 Å². The van der Waals surface area contributed by atoms with E-state index in [2.05, 4.69) is 77.0 Å². The van der Waals surface area contributed by atoms with Crippen molar-refractivity contribution < 1.29 is 14.8 Å². The predicted octanol–water partition coefficient (Wildman–Crippen LogP) is 3.69. The molecule has 3 aromatic carbocycles. The standard InChI is InChI=1S/C24H20N2O2/c1-2-6-15(7-3-1)18-13-25-23(16-10-11-20-21(12-16)28-14-27-20)24-22(18)17-8-4-5-9-19(17)26-24/h1-12,18,23,25-26H,13-14H2/p+1/t18-,23-/m0/s1. The maximum Gasteiger partial charge on any atom is 0.231 e. The van der Waals surface area contributed by atoms with Crippen LogP contribution in [0.1, 0.15) is 34.3 Å². The van der Waals surface area contributed by atoms with Gasteiger partial charge < -0.3 is 19.8 Å². The molecule has 3 heterocycles. The second-order valence-corrected chi connectivity index (χ2v) is 7.52. The Morgan fingerprint density at radius 2 is 1.64 bits per heavy atom. The third-order valence-electron chi connectivity index (χ3n) is 6.00. The Balaban J connectivity index is 1.53. The molecule has 1 aromatic heterocycles. The van der Waals surface area contributed by atoms with E-state index in [9.17, 15) is 0 Å². The average Bonchev–Trinajstić information content (AvgIpc) is 3.38. The zero-order chi connectivity index (χ0) is 18.5. The number of fused-ring (bicyclic) bond motifs is 4. The molecule has 0 aliphatic carbocycles. The molecule has 2 aliphatic rings. The van der Waals surface area contributed by atoms with Crippen molar-refractivity contribution in [2.75, 3.05) is 13.3 Å². The van der Waals surface area contributed by atoms with Crippen LogP contribution in [0.25, 0.3) is 10.9 Å². The van der Waals surface area contributed by atoms with Crippen LogP contribution < -0.4 is 14.8 Å². The number of para-hydroxylation sites is 1. The molecule has 2 atom stereocenters. The fourth-order valence-corrected chi connectivity index (χ4v) is 4.71. The summed E-state index contributed by atoms with van der Waals surface area (Å²) in [7, 11) is 0. The normalized spacial score (nSPS) is 20.3. The fourth-order valence-electron chi connectivity index (χ4n) is 4.71. The summed E-state index contributed by atoms with van der Waals surface area (Å²) < 4.78 is 11.1. The molecular weight excluding hydrogens is 348 g/mol. The molecule has 0 unspecified atom stereocenters. The highest BCUT2D eigenvalue weighted by atomic mass is 16.7. The van der Waals surface area contributed by atoms with Crippen molar-refractivity contribution in [3.8, 4) is 11.5 Å². The zero-order valence-corrected chi connectivity index (χ0v) is 15.4. The first-order valence-corrected chi connectivity index (χ1v) is 9.77. The first-order chi connectivity index (χ1) is 13.9. The van der Waals surface area contributed by atoms with Gasteiger partial charge in [0.05, 0.1) is 18.2 Å². The summed E-state index contributed by atoms with van der Waals surface area (Å²) in [4.78, 5) is 3.73. The SMILES string of the molecule is c1ccc([C@@H]2C[NH2+][C@@H](c3ccc4c(c3)OCO4)c3[nH]c4ccccc4c32)cc1. The van der Waals surface area contributed by atoms with Gasteiger partial charge in [-0.25, -0.2) is 0 Å². The molecule has 4 heteroatoms. The van der Waals surface area contributed by atoms with Crippen molar-refractivity contribution in [2.45, 2.75) is 12.0 Å². The highest BCUT2D eigenvalue weighted by Crippen LogP contribution is 2.41. The van der Waals surface area contributed by atoms with E-state index in [1.807, 2.05) is 6.07 Å². The van der Waals surface area contributed by atoms with Crippen LogP contribution in [-0.4, -0.2) is 18.3 Å². The molecule has 0 spiro atoms. The van der Waals surface area contributed by atoms with Gasteiger partial charge in [-0.2, -0.15) is 0 Å². The molecule has 0 amide bonds. The average molecular weight is 369 g/mol. The number of nitrogens with one attached hydrogen (secondary N) is 1. The van der Waals surface area contributed by atoms with E-state index in [4.69, 9.17) is 9.47 Å². The summed E-state index contributed by atoms with van der Waals surface area (Å²) >= 11 is 0. The van der Waals surface area contributed by atoms with Gasteiger partial charge in [0, 0.05) is 22.0 Å². The largest absolute Gasteiger partial charge is 0.454 e. The van der Waals surface area contributed by atoms with Gasteiger partial charge in [-0.05, 0) is 29.8 Å². The molecule has 0 bridgehead atoms. The molecule has 28 heavy (non-hydrogen) atoms. The monoisotopic (exact) mass is 369 g/mol. The minimum atomic E-state index is 0.219. The predicted molar refractivity (Wildman–Crippen MR) is 108 cm³/mol. The minimum Gasteiger partial charge on any atom is -0.454 e. The van der Waals surface area contributed by atoms with E-state index in [0.29, 0.717) is 12.7 Å². The minimum absolute atomic E-state index is 0.219. The number of quaternary nitrogens is 1. The molecule has 6 rings (SSSR count). The summed E-state index contributed by atoms with van der Waals surface area (Å²) in [5.74, 6) is 2.05. The first-order valence-electron chi connectivity index (χ1n) is 9.77.